The normalized spacial score (nSPS) is 20.1. The molecule has 1 unspecified atom stereocenters. The molecule has 0 bridgehead atoms. The summed E-state index contributed by atoms with van der Waals surface area (Å²) in [5, 5.41) is 3.01. The van der Waals surface area contributed by atoms with Crippen LogP contribution in [0.15, 0.2) is 24.3 Å². The molecule has 0 saturated carbocycles. The van der Waals surface area contributed by atoms with Crippen LogP contribution in [-0.2, 0) is 16.1 Å². The lowest BCUT2D eigenvalue weighted by molar-refractivity contribution is -0.141. The number of amides is 2. The summed E-state index contributed by atoms with van der Waals surface area (Å²) in [7, 11) is 0. The molecule has 1 aromatic carbocycles. The summed E-state index contributed by atoms with van der Waals surface area (Å²) in [5.41, 5.74) is 0.221. The van der Waals surface area contributed by atoms with Gasteiger partial charge in [0.05, 0.1) is 6.10 Å². The van der Waals surface area contributed by atoms with Crippen molar-refractivity contribution >= 4 is 11.8 Å². The Hall–Kier alpha value is -2.04. The zero-order valence-corrected chi connectivity index (χ0v) is 16.7. The van der Waals surface area contributed by atoms with Gasteiger partial charge in [-0.2, -0.15) is 0 Å². The topological polar surface area (TPSA) is 58.6 Å². The predicted octanol–water partition coefficient (Wildman–Crippen LogP) is 3.52. The zero-order chi connectivity index (χ0) is 19.3. The summed E-state index contributed by atoms with van der Waals surface area (Å²) in [4.78, 5) is 26.9. The van der Waals surface area contributed by atoms with Crippen LogP contribution in [0.1, 0.15) is 59.4 Å². The largest absolute Gasteiger partial charge is 0.491 e. The molecular formula is C21H32N2O3. The Morgan fingerprint density at radius 1 is 1.23 bits per heavy atom. The first kappa shape index (κ1) is 20.3. The highest BCUT2D eigenvalue weighted by Crippen LogP contribution is 2.32. The smallest absolute Gasteiger partial charge is 0.245 e. The van der Waals surface area contributed by atoms with Crippen molar-refractivity contribution in [3.63, 3.8) is 0 Å². The SMILES string of the molecule is CC(C)CCNC(=O)C1(C)CCC(=O)N1Cc1ccc(OC(C)C)cc1. The van der Waals surface area contributed by atoms with Crippen LogP contribution in [-0.4, -0.2) is 34.9 Å². The third-order valence-corrected chi connectivity index (χ3v) is 4.85. The second-order valence-electron chi connectivity index (χ2n) is 8.00. The van der Waals surface area contributed by atoms with E-state index in [1.807, 2.05) is 45.0 Å². The fraction of sp³-hybridized carbons (Fsp3) is 0.619. The van der Waals surface area contributed by atoms with Gasteiger partial charge in [-0.15, -0.1) is 0 Å². The van der Waals surface area contributed by atoms with Crippen molar-refractivity contribution in [2.24, 2.45) is 5.92 Å². The molecule has 144 valence electrons. The van der Waals surface area contributed by atoms with E-state index in [9.17, 15) is 9.59 Å². The number of hydrogen-bond donors (Lipinski definition) is 1. The minimum atomic E-state index is -0.777. The van der Waals surface area contributed by atoms with Gasteiger partial charge in [0, 0.05) is 19.5 Å². The summed E-state index contributed by atoms with van der Waals surface area (Å²) in [6.07, 6.45) is 2.04. The van der Waals surface area contributed by atoms with Gasteiger partial charge in [-0.3, -0.25) is 9.59 Å². The molecule has 1 fully saturated rings. The van der Waals surface area contributed by atoms with E-state index in [1.54, 1.807) is 4.90 Å². The van der Waals surface area contributed by atoms with E-state index in [4.69, 9.17) is 4.74 Å². The lowest BCUT2D eigenvalue weighted by atomic mass is 9.96. The summed E-state index contributed by atoms with van der Waals surface area (Å²) >= 11 is 0. The molecule has 2 rings (SSSR count). The van der Waals surface area contributed by atoms with Crippen molar-refractivity contribution < 1.29 is 14.3 Å². The van der Waals surface area contributed by atoms with Crippen molar-refractivity contribution in [1.82, 2.24) is 10.2 Å². The monoisotopic (exact) mass is 360 g/mol. The second kappa shape index (κ2) is 8.56. The van der Waals surface area contributed by atoms with E-state index in [-0.39, 0.29) is 17.9 Å². The summed E-state index contributed by atoms with van der Waals surface area (Å²) in [6, 6.07) is 7.74. The standard InChI is InChI=1S/C21H32N2O3/c1-15(2)11-13-22-20(25)21(5)12-10-19(24)23(21)14-17-6-8-18(9-7-17)26-16(3)4/h6-9,15-16H,10-14H2,1-5H3,(H,22,25). The number of nitrogens with zero attached hydrogens (tertiary/aromatic N) is 1. The highest BCUT2D eigenvalue weighted by atomic mass is 16.5. The van der Waals surface area contributed by atoms with Crippen LogP contribution in [0, 0.1) is 5.92 Å². The summed E-state index contributed by atoms with van der Waals surface area (Å²) in [6.45, 7) is 11.2. The fourth-order valence-electron chi connectivity index (χ4n) is 3.19. The van der Waals surface area contributed by atoms with E-state index in [2.05, 4.69) is 19.2 Å². The van der Waals surface area contributed by atoms with Crippen molar-refractivity contribution in [3.8, 4) is 5.75 Å². The maximum atomic E-state index is 12.7. The minimum Gasteiger partial charge on any atom is -0.491 e. The third kappa shape index (κ3) is 4.99. The van der Waals surface area contributed by atoms with Crippen molar-refractivity contribution in [1.29, 1.82) is 0 Å². The van der Waals surface area contributed by atoms with Crippen LogP contribution < -0.4 is 10.1 Å². The molecule has 26 heavy (non-hydrogen) atoms. The maximum absolute atomic E-state index is 12.7. The van der Waals surface area contributed by atoms with E-state index < -0.39 is 5.54 Å². The van der Waals surface area contributed by atoms with Gasteiger partial charge in [0.1, 0.15) is 11.3 Å². The molecule has 1 aromatic rings. The Morgan fingerprint density at radius 3 is 2.46 bits per heavy atom. The Bertz CT molecular complexity index is 625. The predicted molar refractivity (Wildman–Crippen MR) is 103 cm³/mol. The molecule has 1 saturated heterocycles. The molecule has 0 aromatic heterocycles. The van der Waals surface area contributed by atoms with Crippen molar-refractivity contribution in [3.05, 3.63) is 29.8 Å². The number of likely N-dealkylation sites (tertiary alicyclic amines) is 1. The van der Waals surface area contributed by atoms with Gasteiger partial charge in [-0.25, -0.2) is 0 Å². The first-order valence-electron chi connectivity index (χ1n) is 9.56. The second-order valence-corrected chi connectivity index (χ2v) is 8.00. The quantitative estimate of drug-likeness (QED) is 0.772. The molecular weight excluding hydrogens is 328 g/mol. The Balaban J connectivity index is 2.05. The minimum absolute atomic E-state index is 0.0361. The van der Waals surface area contributed by atoms with E-state index in [1.165, 1.54) is 0 Å². The molecule has 1 N–H and O–H groups in total. The number of benzene rings is 1. The van der Waals surface area contributed by atoms with E-state index in [0.717, 1.165) is 17.7 Å². The van der Waals surface area contributed by atoms with Crippen molar-refractivity contribution in [2.45, 2.75) is 72.1 Å². The molecule has 1 heterocycles. The van der Waals surface area contributed by atoms with Gasteiger partial charge in [-0.1, -0.05) is 26.0 Å². The highest BCUT2D eigenvalue weighted by molar-refractivity contribution is 5.94. The van der Waals surface area contributed by atoms with Gasteiger partial charge >= 0.3 is 0 Å². The van der Waals surface area contributed by atoms with Crippen molar-refractivity contribution in [2.75, 3.05) is 6.54 Å². The molecule has 1 atom stereocenters. The van der Waals surface area contributed by atoms with Crippen LogP contribution in [0.2, 0.25) is 0 Å². The molecule has 1 aliphatic heterocycles. The fourth-order valence-corrected chi connectivity index (χ4v) is 3.19. The summed E-state index contributed by atoms with van der Waals surface area (Å²) < 4.78 is 5.66. The van der Waals surface area contributed by atoms with Crippen LogP contribution >= 0.6 is 0 Å². The summed E-state index contributed by atoms with van der Waals surface area (Å²) in [5.74, 6) is 1.33. The maximum Gasteiger partial charge on any atom is 0.245 e. The van der Waals surface area contributed by atoms with E-state index in [0.29, 0.717) is 31.8 Å². The molecule has 1 aliphatic rings. The molecule has 5 heteroatoms. The van der Waals surface area contributed by atoms with Gasteiger partial charge < -0.3 is 15.0 Å². The molecule has 0 aliphatic carbocycles. The third-order valence-electron chi connectivity index (χ3n) is 4.85. The number of carbonyl (C=O) groups excluding carboxylic acids is 2. The van der Waals surface area contributed by atoms with Gasteiger partial charge in [0.15, 0.2) is 0 Å². The number of ether oxygens (including phenoxy) is 1. The van der Waals surface area contributed by atoms with Gasteiger partial charge in [0.25, 0.3) is 0 Å². The highest BCUT2D eigenvalue weighted by Gasteiger charge is 2.46. The number of hydrogen-bond acceptors (Lipinski definition) is 3. The van der Waals surface area contributed by atoms with Gasteiger partial charge in [0.2, 0.25) is 11.8 Å². The van der Waals surface area contributed by atoms with Crippen LogP contribution in [0.3, 0.4) is 0 Å². The first-order chi connectivity index (χ1) is 12.2. The molecule has 2 amide bonds. The Labute approximate surface area is 157 Å². The molecule has 5 nitrogen and oxygen atoms in total. The number of carbonyl (C=O) groups is 2. The zero-order valence-electron chi connectivity index (χ0n) is 16.7. The number of rotatable bonds is 8. The molecule has 0 radical (unpaired) electrons. The molecule has 0 spiro atoms. The van der Waals surface area contributed by atoms with Crippen LogP contribution in [0.5, 0.6) is 5.75 Å². The van der Waals surface area contributed by atoms with Crippen LogP contribution in [0.25, 0.3) is 0 Å². The van der Waals surface area contributed by atoms with Crippen LogP contribution in [0.4, 0.5) is 0 Å². The average molecular weight is 360 g/mol. The average Bonchev–Trinajstić information content (AvgIpc) is 2.85. The Morgan fingerprint density at radius 2 is 1.88 bits per heavy atom. The van der Waals surface area contributed by atoms with E-state index >= 15 is 0 Å². The first-order valence-corrected chi connectivity index (χ1v) is 9.56. The number of nitrogens with one attached hydrogen (secondary N) is 1. The lowest BCUT2D eigenvalue weighted by Gasteiger charge is -2.34. The van der Waals surface area contributed by atoms with Gasteiger partial charge in [-0.05, 0) is 57.2 Å². The Kier molecular flexibility index (Phi) is 6.68. The lowest BCUT2D eigenvalue weighted by Crippen LogP contribution is -2.54.